The molecule has 0 unspecified atom stereocenters. The number of methoxy groups -OCH3 is 1. The van der Waals surface area contributed by atoms with Crippen LogP contribution in [0.2, 0.25) is 0 Å². The monoisotopic (exact) mass is 343 g/mol. The van der Waals surface area contributed by atoms with Crippen LogP contribution in [0.15, 0.2) is 36.4 Å². The number of amides is 1. The van der Waals surface area contributed by atoms with E-state index in [2.05, 4.69) is 0 Å². The molecule has 6 heteroatoms. The molecule has 0 saturated carbocycles. The Morgan fingerprint density at radius 3 is 2.68 bits per heavy atom. The van der Waals surface area contributed by atoms with E-state index in [0.29, 0.717) is 36.0 Å². The Hall–Kier alpha value is -2.89. The summed E-state index contributed by atoms with van der Waals surface area (Å²) in [5.74, 6) is 2.51. The third-order valence-corrected chi connectivity index (χ3v) is 3.91. The van der Waals surface area contributed by atoms with Gasteiger partial charge in [-0.1, -0.05) is 6.07 Å². The fourth-order valence-electron chi connectivity index (χ4n) is 2.68. The van der Waals surface area contributed by atoms with E-state index in [-0.39, 0.29) is 12.7 Å². The van der Waals surface area contributed by atoms with E-state index in [1.165, 1.54) is 0 Å². The molecule has 25 heavy (non-hydrogen) atoms. The van der Waals surface area contributed by atoms with E-state index in [4.69, 9.17) is 18.9 Å². The summed E-state index contributed by atoms with van der Waals surface area (Å²) >= 11 is 0. The molecule has 0 spiro atoms. The lowest BCUT2D eigenvalue weighted by Gasteiger charge is -2.18. The molecule has 1 aliphatic rings. The lowest BCUT2D eigenvalue weighted by molar-refractivity contribution is 0.0784. The van der Waals surface area contributed by atoms with E-state index in [1.54, 1.807) is 37.3 Å². The smallest absolute Gasteiger partial charge is 0.254 e. The molecule has 2 aromatic rings. The molecule has 0 aromatic heterocycles. The Bertz CT molecular complexity index is 774. The van der Waals surface area contributed by atoms with Crippen molar-refractivity contribution in [3.63, 3.8) is 0 Å². The van der Waals surface area contributed by atoms with Gasteiger partial charge in [0.05, 0.1) is 13.7 Å². The van der Waals surface area contributed by atoms with Crippen LogP contribution in [-0.4, -0.2) is 38.4 Å². The molecule has 1 amide bonds. The number of carbonyl (C=O) groups excluding carboxylic acids is 1. The third kappa shape index (κ3) is 3.63. The molecule has 0 saturated heterocycles. The molecular weight excluding hydrogens is 322 g/mol. The number of carbonyl (C=O) groups is 1. The normalized spacial score (nSPS) is 12.0. The minimum atomic E-state index is -0.0981. The highest BCUT2D eigenvalue weighted by Crippen LogP contribution is 2.33. The highest BCUT2D eigenvalue weighted by atomic mass is 16.7. The molecule has 6 nitrogen and oxygen atoms in total. The first-order valence-corrected chi connectivity index (χ1v) is 8.07. The predicted octanol–water partition coefficient (Wildman–Crippen LogP) is 3.09. The molecule has 0 fully saturated rings. The van der Waals surface area contributed by atoms with Crippen molar-refractivity contribution >= 4 is 5.91 Å². The zero-order valence-corrected chi connectivity index (χ0v) is 14.6. The third-order valence-electron chi connectivity index (χ3n) is 3.91. The number of nitrogens with zero attached hydrogens (tertiary/aromatic N) is 1. The fourth-order valence-corrected chi connectivity index (χ4v) is 2.68. The van der Waals surface area contributed by atoms with Gasteiger partial charge in [-0.05, 0) is 42.8 Å². The number of hydrogen-bond donors (Lipinski definition) is 0. The van der Waals surface area contributed by atoms with Crippen molar-refractivity contribution in [2.24, 2.45) is 0 Å². The lowest BCUT2D eigenvalue weighted by Crippen LogP contribution is -2.26. The van der Waals surface area contributed by atoms with Gasteiger partial charge in [0.2, 0.25) is 6.79 Å². The molecule has 0 N–H and O–H groups in total. The van der Waals surface area contributed by atoms with E-state index >= 15 is 0 Å². The Kier molecular flexibility index (Phi) is 4.97. The van der Waals surface area contributed by atoms with Crippen molar-refractivity contribution in [1.82, 2.24) is 4.90 Å². The maximum atomic E-state index is 12.7. The van der Waals surface area contributed by atoms with Crippen LogP contribution in [0.1, 0.15) is 22.8 Å². The van der Waals surface area contributed by atoms with Crippen molar-refractivity contribution in [2.45, 2.75) is 13.5 Å². The van der Waals surface area contributed by atoms with Crippen LogP contribution in [0.4, 0.5) is 0 Å². The number of rotatable bonds is 6. The van der Waals surface area contributed by atoms with E-state index in [0.717, 1.165) is 11.3 Å². The van der Waals surface area contributed by atoms with Crippen molar-refractivity contribution in [3.8, 4) is 23.0 Å². The van der Waals surface area contributed by atoms with Crippen LogP contribution in [0, 0.1) is 0 Å². The van der Waals surface area contributed by atoms with Gasteiger partial charge < -0.3 is 23.8 Å². The van der Waals surface area contributed by atoms with Crippen LogP contribution < -0.4 is 18.9 Å². The maximum absolute atomic E-state index is 12.7. The SMILES string of the molecule is CCOc1ccc(C(=O)N(C)Cc2ccc3c(c2)OCO3)cc1OC. The highest BCUT2D eigenvalue weighted by Gasteiger charge is 2.17. The summed E-state index contributed by atoms with van der Waals surface area (Å²) in [7, 11) is 3.32. The number of benzene rings is 2. The van der Waals surface area contributed by atoms with Crippen molar-refractivity contribution < 1.29 is 23.7 Å². The van der Waals surface area contributed by atoms with Gasteiger partial charge in [-0.3, -0.25) is 4.79 Å². The second-order valence-electron chi connectivity index (χ2n) is 5.65. The van der Waals surface area contributed by atoms with E-state index < -0.39 is 0 Å². The highest BCUT2D eigenvalue weighted by molar-refractivity contribution is 5.94. The number of hydrogen-bond acceptors (Lipinski definition) is 5. The Balaban J connectivity index is 1.73. The van der Waals surface area contributed by atoms with Crippen LogP contribution >= 0.6 is 0 Å². The minimum absolute atomic E-state index is 0.0981. The molecule has 1 heterocycles. The van der Waals surface area contributed by atoms with Crippen LogP contribution in [0.5, 0.6) is 23.0 Å². The van der Waals surface area contributed by atoms with E-state index in [1.807, 2.05) is 25.1 Å². The van der Waals surface area contributed by atoms with Crippen molar-refractivity contribution in [2.75, 3.05) is 27.6 Å². The van der Waals surface area contributed by atoms with Crippen LogP contribution in [-0.2, 0) is 6.54 Å². The van der Waals surface area contributed by atoms with Gasteiger partial charge >= 0.3 is 0 Å². The van der Waals surface area contributed by atoms with Crippen LogP contribution in [0.3, 0.4) is 0 Å². The first-order valence-electron chi connectivity index (χ1n) is 8.07. The lowest BCUT2D eigenvalue weighted by atomic mass is 10.1. The Morgan fingerprint density at radius 2 is 1.92 bits per heavy atom. The summed E-state index contributed by atoms with van der Waals surface area (Å²) in [6.07, 6.45) is 0. The van der Waals surface area contributed by atoms with Gasteiger partial charge in [-0.25, -0.2) is 0 Å². The summed E-state index contributed by atoms with van der Waals surface area (Å²) in [5, 5.41) is 0. The minimum Gasteiger partial charge on any atom is -0.493 e. The first-order chi connectivity index (χ1) is 12.1. The molecular formula is C19H21NO5. The molecule has 0 radical (unpaired) electrons. The molecule has 132 valence electrons. The zero-order chi connectivity index (χ0) is 17.8. The van der Waals surface area contributed by atoms with Crippen LogP contribution in [0.25, 0.3) is 0 Å². The largest absolute Gasteiger partial charge is 0.493 e. The first kappa shape index (κ1) is 17.0. The zero-order valence-electron chi connectivity index (χ0n) is 14.6. The maximum Gasteiger partial charge on any atom is 0.254 e. The van der Waals surface area contributed by atoms with Gasteiger partial charge in [0.15, 0.2) is 23.0 Å². The van der Waals surface area contributed by atoms with Gasteiger partial charge in [-0.15, -0.1) is 0 Å². The topological polar surface area (TPSA) is 57.2 Å². The van der Waals surface area contributed by atoms with Gasteiger partial charge in [0.1, 0.15) is 0 Å². The van der Waals surface area contributed by atoms with Gasteiger partial charge in [0, 0.05) is 19.2 Å². The summed E-state index contributed by atoms with van der Waals surface area (Å²) in [6, 6.07) is 10.9. The van der Waals surface area contributed by atoms with Gasteiger partial charge in [0.25, 0.3) is 5.91 Å². The average molecular weight is 343 g/mol. The standard InChI is InChI=1S/C19H21NO5/c1-4-23-15-8-6-14(10-17(15)22-3)19(21)20(2)11-13-5-7-16-18(9-13)25-12-24-16/h5-10H,4,11-12H2,1-3H3. The summed E-state index contributed by atoms with van der Waals surface area (Å²) in [6.45, 7) is 3.13. The number of ether oxygens (including phenoxy) is 4. The second kappa shape index (κ2) is 7.34. The van der Waals surface area contributed by atoms with Crippen molar-refractivity contribution in [1.29, 1.82) is 0 Å². The van der Waals surface area contributed by atoms with Crippen molar-refractivity contribution in [3.05, 3.63) is 47.5 Å². The molecule has 2 aromatic carbocycles. The molecule has 0 aliphatic carbocycles. The molecule has 1 aliphatic heterocycles. The quantitative estimate of drug-likeness (QED) is 0.807. The van der Waals surface area contributed by atoms with E-state index in [9.17, 15) is 4.79 Å². The predicted molar refractivity (Wildman–Crippen MR) is 92.5 cm³/mol. The average Bonchev–Trinajstić information content (AvgIpc) is 3.09. The molecule has 3 rings (SSSR count). The summed E-state index contributed by atoms with van der Waals surface area (Å²) in [5.41, 5.74) is 1.52. The fraction of sp³-hybridized carbons (Fsp3) is 0.316. The number of fused-ring (bicyclic) bond motifs is 1. The Morgan fingerprint density at radius 1 is 1.12 bits per heavy atom. The summed E-state index contributed by atoms with van der Waals surface area (Å²) in [4.78, 5) is 14.3. The summed E-state index contributed by atoms with van der Waals surface area (Å²) < 4.78 is 21.5. The molecule has 0 atom stereocenters. The molecule has 0 bridgehead atoms. The Labute approximate surface area is 146 Å². The van der Waals surface area contributed by atoms with Gasteiger partial charge in [-0.2, -0.15) is 0 Å². The second-order valence-corrected chi connectivity index (χ2v) is 5.65.